The van der Waals surface area contributed by atoms with Crippen LogP contribution in [0.15, 0.2) is 64.6 Å². The van der Waals surface area contributed by atoms with E-state index >= 15 is 0 Å². The predicted octanol–water partition coefficient (Wildman–Crippen LogP) is 5.21. The zero-order valence-electron chi connectivity index (χ0n) is 16.0. The topological polar surface area (TPSA) is 74.8 Å². The fraction of sp³-hybridized carbons (Fsp3) is 0.286. The fourth-order valence-corrected chi connectivity index (χ4v) is 3.35. The van der Waals surface area contributed by atoms with Gasteiger partial charge in [0.1, 0.15) is 11.6 Å². The van der Waals surface area contributed by atoms with Gasteiger partial charge in [-0.05, 0) is 54.7 Å². The Hall–Kier alpha value is -2.67. The molecule has 2 aromatic rings. The zero-order chi connectivity index (χ0) is 19.7. The van der Waals surface area contributed by atoms with Crippen LogP contribution in [0.1, 0.15) is 38.4 Å². The molecule has 0 spiro atoms. The molecule has 0 radical (unpaired) electrons. The number of nitrogens with one attached hydrogen (secondary N) is 3. The Kier molecular flexibility index (Phi) is 5.17. The summed E-state index contributed by atoms with van der Waals surface area (Å²) in [5.74, 6) is 3.39. The molecule has 1 aliphatic heterocycles. The summed E-state index contributed by atoms with van der Waals surface area (Å²) in [6, 6.07) is 7.89. The van der Waals surface area contributed by atoms with Crippen LogP contribution in [0.2, 0.25) is 0 Å². The summed E-state index contributed by atoms with van der Waals surface area (Å²) in [4.78, 5) is 13.7. The molecule has 1 saturated carbocycles. The zero-order valence-corrected chi connectivity index (χ0v) is 17.5. The van der Waals surface area contributed by atoms with Gasteiger partial charge >= 0.3 is 0 Å². The Morgan fingerprint density at radius 3 is 2.54 bits per heavy atom. The molecule has 28 heavy (non-hydrogen) atoms. The highest BCUT2D eigenvalue weighted by Crippen LogP contribution is 2.38. The second-order valence-corrected chi connectivity index (χ2v) is 8.30. The molecular formula is C21H23BrN6. The van der Waals surface area contributed by atoms with E-state index in [0.29, 0.717) is 17.8 Å². The van der Waals surface area contributed by atoms with E-state index in [-0.39, 0.29) is 5.92 Å². The molecule has 1 aromatic heterocycles. The number of hydrogen-bond acceptors (Lipinski definition) is 6. The number of nitrogens with zero attached hydrogens (tertiary/aromatic N) is 3. The molecule has 3 N–H and O–H groups in total. The van der Waals surface area contributed by atoms with Crippen molar-refractivity contribution in [3.63, 3.8) is 0 Å². The number of anilines is 3. The number of benzene rings is 1. The molecule has 1 fully saturated rings. The lowest BCUT2D eigenvalue weighted by atomic mass is 10.1. The number of allylic oxidation sites excluding steroid dienone is 3. The smallest absolute Gasteiger partial charge is 0.233 e. The van der Waals surface area contributed by atoms with Gasteiger partial charge in [0, 0.05) is 21.8 Å². The Labute approximate surface area is 173 Å². The molecule has 2 aliphatic rings. The van der Waals surface area contributed by atoms with Crippen molar-refractivity contribution in [1.29, 1.82) is 0 Å². The van der Waals surface area contributed by atoms with Crippen molar-refractivity contribution in [3.8, 4) is 0 Å². The minimum Gasteiger partial charge on any atom is -0.342 e. The third kappa shape index (κ3) is 4.59. The first-order chi connectivity index (χ1) is 13.5. The summed E-state index contributed by atoms with van der Waals surface area (Å²) in [7, 11) is 0. The molecule has 4 rings (SSSR count). The molecule has 0 atom stereocenters. The van der Waals surface area contributed by atoms with E-state index in [1.54, 1.807) is 0 Å². The number of hydrogen-bond donors (Lipinski definition) is 3. The van der Waals surface area contributed by atoms with Crippen molar-refractivity contribution in [2.45, 2.75) is 32.6 Å². The maximum Gasteiger partial charge on any atom is 0.233 e. The average Bonchev–Trinajstić information content (AvgIpc) is 3.46. The number of dihydropyridines is 1. The first kappa shape index (κ1) is 18.7. The van der Waals surface area contributed by atoms with Gasteiger partial charge in [0.2, 0.25) is 11.9 Å². The quantitative estimate of drug-likeness (QED) is 0.574. The Balaban J connectivity index is 1.60. The van der Waals surface area contributed by atoms with Crippen molar-refractivity contribution in [2.75, 3.05) is 10.6 Å². The Morgan fingerprint density at radius 1 is 1.11 bits per heavy atom. The second-order valence-electron chi connectivity index (χ2n) is 7.38. The van der Waals surface area contributed by atoms with Gasteiger partial charge in [0.15, 0.2) is 0 Å². The van der Waals surface area contributed by atoms with E-state index < -0.39 is 0 Å². The average molecular weight is 439 g/mol. The van der Waals surface area contributed by atoms with E-state index in [4.69, 9.17) is 0 Å². The van der Waals surface area contributed by atoms with Crippen LogP contribution >= 0.6 is 15.9 Å². The highest BCUT2D eigenvalue weighted by Gasteiger charge is 2.26. The van der Waals surface area contributed by atoms with E-state index in [1.165, 1.54) is 18.4 Å². The van der Waals surface area contributed by atoms with Crippen molar-refractivity contribution in [1.82, 2.24) is 20.3 Å². The van der Waals surface area contributed by atoms with Gasteiger partial charge in [-0.1, -0.05) is 42.4 Å². The van der Waals surface area contributed by atoms with Gasteiger partial charge in [-0.3, -0.25) is 0 Å². The van der Waals surface area contributed by atoms with Crippen LogP contribution in [0.4, 0.5) is 17.6 Å². The molecule has 0 amide bonds. The van der Waals surface area contributed by atoms with Crippen LogP contribution in [0.5, 0.6) is 0 Å². The number of aromatic nitrogens is 3. The normalized spacial score (nSPS) is 16.4. The largest absolute Gasteiger partial charge is 0.342 e. The van der Waals surface area contributed by atoms with E-state index in [0.717, 1.165) is 27.5 Å². The molecule has 0 bridgehead atoms. The first-order valence-corrected chi connectivity index (χ1v) is 10.2. The van der Waals surface area contributed by atoms with Gasteiger partial charge < -0.3 is 16.0 Å². The molecule has 0 saturated heterocycles. The van der Waals surface area contributed by atoms with Crippen molar-refractivity contribution in [3.05, 3.63) is 70.4 Å². The summed E-state index contributed by atoms with van der Waals surface area (Å²) >= 11 is 3.49. The minimum absolute atomic E-state index is 0.178. The lowest BCUT2D eigenvalue weighted by Gasteiger charge is -2.19. The monoisotopic (exact) mass is 438 g/mol. The van der Waals surface area contributed by atoms with Crippen LogP contribution in [0, 0.1) is 5.92 Å². The third-order valence-electron chi connectivity index (χ3n) is 4.49. The highest BCUT2D eigenvalue weighted by atomic mass is 79.9. The summed E-state index contributed by atoms with van der Waals surface area (Å²) in [6.45, 7) is 8.19. The van der Waals surface area contributed by atoms with Gasteiger partial charge in [-0.2, -0.15) is 15.0 Å². The molecular weight excluding hydrogens is 416 g/mol. The summed E-state index contributed by atoms with van der Waals surface area (Å²) in [6.07, 6.45) is 6.71. The number of halogens is 1. The molecule has 1 aromatic carbocycles. The molecule has 7 heteroatoms. The number of rotatable bonds is 6. The standard InChI is InChI=1S/C21H23BrN6/c1-12(2)19-26-20(24-17-6-4-5-16(22)11-17)28-21(27-19)25-18-10-15(14-7-8-14)9-13(3)23-18/h4-6,9-12,14,23H,3,7-8H2,1-2H3,(H2,24,25,26,27,28). The van der Waals surface area contributed by atoms with Crippen LogP contribution in [-0.4, -0.2) is 15.0 Å². The first-order valence-electron chi connectivity index (χ1n) is 9.41. The Morgan fingerprint density at radius 2 is 1.86 bits per heavy atom. The van der Waals surface area contributed by atoms with Gasteiger partial charge in [-0.15, -0.1) is 0 Å². The van der Waals surface area contributed by atoms with Gasteiger partial charge in [-0.25, -0.2) is 0 Å². The van der Waals surface area contributed by atoms with Crippen molar-refractivity contribution in [2.24, 2.45) is 5.92 Å². The predicted molar refractivity (Wildman–Crippen MR) is 116 cm³/mol. The summed E-state index contributed by atoms with van der Waals surface area (Å²) < 4.78 is 0.989. The fourth-order valence-electron chi connectivity index (χ4n) is 2.95. The maximum atomic E-state index is 4.58. The van der Waals surface area contributed by atoms with Crippen LogP contribution < -0.4 is 16.0 Å². The highest BCUT2D eigenvalue weighted by molar-refractivity contribution is 9.10. The van der Waals surface area contributed by atoms with Crippen LogP contribution in [0.25, 0.3) is 0 Å². The lowest BCUT2D eigenvalue weighted by molar-refractivity contribution is 0.764. The summed E-state index contributed by atoms with van der Waals surface area (Å²) in [5, 5.41) is 9.81. The van der Waals surface area contributed by atoms with E-state index in [2.05, 4.69) is 79.4 Å². The van der Waals surface area contributed by atoms with Crippen molar-refractivity contribution < 1.29 is 0 Å². The molecule has 6 nitrogen and oxygen atoms in total. The molecule has 0 unspecified atom stereocenters. The molecule has 1 aliphatic carbocycles. The van der Waals surface area contributed by atoms with Gasteiger partial charge in [0.05, 0.1) is 0 Å². The van der Waals surface area contributed by atoms with Crippen LogP contribution in [-0.2, 0) is 0 Å². The second kappa shape index (κ2) is 7.75. The van der Waals surface area contributed by atoms with Gasteiger partial charge in [0.25, 0.3) is 0 Å². The summed E-state index contributed by atoms with van der Waals surface area (Å²) in [5.41, 5.74) is 3.08. The molecule has 144 valence electrons. The van der Waals surface area contributed by atoms with E-state index in [1.807, 2.05) is 24.3 Å². The lowest BCUT2D eigenvalue weighted by Crippen LogP contribution is -2.23. The third-order valence-corrected chi connectivity index (χ3v) is 4.99. The molecule has 2 heterocycles. The maximum absolute atomic E-state index is 4.58. The van der Waals surface area contributed by atoms with Crippen LogP contribution in [0.3, 0.4) is 0 Å². The minimum atomic E-state index is 0.178. The SMILES string of the molecule is C=C1C=C(C2CC2)C=C(Nc2nc(Nc3cccc(Br)c3)nc(C(C)C)n2)N1. The van der Waals surface area contributed by atoms with Crippen molar-refractivity contribution >= 4 is 33.5 Å². The Bertz CT molecular complexity index is 975. The van der Waals surface area contributed by atoms with E-state index in [9.17, 15) is 0 Å².